The number of benzene rings is 2. The smallest absolute Gasteiger partial charge is 0.264 e. The highest BCUT2D eigenvalue weighted by Crippen LogP contribution is 2.24. The number of sulfonamides is 2. The van der Waals surface area contributed by atoms with Crippen LogP contribution in [-0.2, 0) is 24.8 Å². The van der Waals surface area contributed by atoms with E-state index in [0.29, 0.717) is 12.8 Å². The van der Waals surface area contributed by atoms with E-state index in [1.165, 1.54) is 36.4 Å². The lowest BCUT2D eigenvalue weighted by molar-refractivity contribution is -0.124. The Morgan fingerprint density at radius 1 is 0.793 bits per heavy atom. The molecule has 1 saturated carbocycles. The van der Waals surface area contributed by atoms with Crippen molar-refractivity contribution in [2.24, 2.45) is 5.92 Å². The van der Waals surface area contributed by atoms with Gasteiger partial charge in [0.05, 0.1) is 9.79 Å². The first-order chi connectivity index (χ1) is 13.7. The van der Waals surface area contributed by atoms with Gasteiger partial charge in [-0.3, -0.25) is 9.52 Å². The third-order valence-electron chi connectivity index (χ3n) is 4.96. The van der Waals surface area contributed by atoms with Crippen LogP contribution in [0.15, 0.2) is 58.3 Å². The highest BCUT2D eigenvalue weighted by molar-refractivity contribution is 7.92. The molecule has 2 aromatic carbocycles. The number of carbonyl (C=O) groups is 1. The molecule has 7 nitrogen and oxygen atoms in total. The Labute approximate surface area is 171 Å². The third-order valence-corrected chi connectivity index (χ3v) is 7.72. The maximum atomic E-state index is 12.5. The Kier molecular flexibility index (Phi) is 6.28. The molecule has 0 unspecified atom stereocenters. The molecule has 156 valence electrons. The van der Waals surface area contributed by atoms with Crippen LogP contribution in [0.1, 0.15) is 37.7 Å². The van der Waals surface area contributed by atoms with Gasteiger partial charge in [-0.2, -0.15) is 0 Å². The number of aryl methyl sites for hydroxylation is 1. The standard InChI is InChI=1S/C20H24N2O5S2/c1-15-7-11-18(12-8-15)28(24,25)21-17-9-13-19(14-10-17)29(26,27)22-20(23)16-5-3-2-4-6-16/h7-14,16,21H,2-6H2,1H3,(H,22,23). The van der Waals surface area contributed by atoms with E-state index in [0.717, 1.165) is 24.8 Å². The molecule has 0 bridgehead atoms. The van der Waals surface area contributed by atoms with Gasteiger partial charge in [-0.05, 0) is 56.2 Å². The summed E-state index contributed by atoms with van der Waals surface area (Å²) in [6.07, 6.45) is 4.31. The van der Waals surface area contributed by atoms with Crippen LogP contribution < -0.4 is 9.44 Å². The Morgan fingerprint density at radius 3 is 1.90 bits per heavy atom. The zero-order chi connectivity index (χ0) is 21.1. The molecule has 9 heteroatoms. The first-order valence-electron chi connectivity index (χ1n) is 9.44. The Bertz CT molecular complexity index is 1070. The van der Waals surface area contributed by atoms with E-state index in [2.05, 4.69) is 9.44 Å². The van der Waals surface area contributed by atoms with Gasteiger partial charge < -0.3 is 0 Å². The van der Waals surface area contributed by atoms with Crippen molar-refractivity contribution in [3.8, 4) is 0 Å². The maximum absolute atomic E-state index is 12.5. The molecule has 3 rings (SSSR count). The summed E-state index contributed by atoms with van der Waals surface area (Å²) in [5, 5.41) is 0. The van der Waals surface area contributed by atoms with Crippen LogP contribution in [-0.4, -0.2) is 22.7 Å². The molecule has 1 fully saturated rings. The molecule has 0 aliphatic heterocycles. The predicted molar refractivity (Wildman–Crippen MR) is 110 cm³/mol. The summed E-state index contributed by atoms with van der Waals surface area (Å²) < 4.78 is 54.3. The zero-order valence-electron chi connectivity index (χ0n) is 16.1. The van der Waals surface area contributed by atoms with Gasteiger partial charge >= 0.3 is 0 Å². The number of anilines is 1. The molecule has 2 aromatic rings. The number of nitrogens with one attached hydrogen (secondary N) is 2. The van der Waals surface area contributed by atoms with Crippen LogP contribution in [0.2, 0.25) is 0 Å². The topological polar surface area (TPSA) is 109 Å². The normalized spacial score (nSPS) is 15.6. The lowest BCUT2D eigenvalue weighted by Crippen LogP contribution is -2.36. The van der Waals surface area contributed by atoms with Gasteiger partial charge in [0.1, 0.15) is 0 Å². The van der Waals surface area contributed by atoms with E-state index >= 15 is 0 Å². The van der Waals surface area contributed by atoms with Crippen molar-refractivity contribution in [1.82, 2.24) is 4.72 Å². The minimum Gasteiger partial charge on any atom is -0.280 e. The molecule has 0 saturated heterocycles. The third kappa shape index (κ3) is 5.36. The van der Waals surface area contributed by atoms with Gasteiger partial charge in [-0.15, -0.1) is 0 Å². The number of hydrogen-bond acceptors (Lipinski definition) is 5. The molecular weight excluding hydrogens is 412 g/mol. The molecule has 29 heavy (non-hydrogen) atoms. The number of carbonyl (C=O) groups excluding carboxylic acids is 1. The molecule has 0 aromatic heterocycles. The summed E-state index contributed by atoms with van der Waals surface area (Å²) in [6, 6.07) is 11.6. The fraction of sp³-hybridized carbons (Fsp3) is 0.350. The summed E-state index contributed by atoms with van der Waals surface area (Å²) in [7, 11) is -7.78. The molecule has 0 radical (unpaired) electrons. The lowest BCUT2D eigenvalue weighted by Gasteiger charge is -2.20. The first kappa shape index (κ1) is 21.3. The van der Waals surface area contributed by atoms with E-state index in [1.54, 1.807) is 12.1 Å². The van der Waals surface area contributed by atoms with Crippen LogP contribution in [0.25, 0.3) is 0 Å². The number of rotatable bonds is 6. The van der Waals surface area contributed by atoms with Gasteiger partial charge in [0.15, 0.2) is 0 Å². The molecule has 1 aliphatic carbocycles. The van der Waals surface area contributed by atoms with Crippen LogP contribution in [0.5, 0.6) is 0 Å². The van der Waals surface area contributed by atoms with Gasteiger partial charge in [-0.25, -0.2) is 21.6 Å². The predicted octanol–water partition coefficient (Wildman–Crippen LogP) is 3.18. The van der Waals surface area contributed by atoms with E-state index < -0.39 is 26.0 Å². The minimum atomic E-state index is -4.00. The van der Waals surface area contributed by atoms with E-state index in [4.69, 9.17) is 0 Å². The molecule has 2 N–H and O–H groups in total. The number of hydrogen-bond donors (Lipinski definition) is 2. The number of amides is 1. The fourth-order valence-electron chi connectivity index (χ4n) is 3.27. The van der Waals surface area contributed by atoms with Crippen molar-refractivity contribution < 1.29 is 21.6 Å². The SMILES string of the molecule is Cc1ccc(S(=O)(=O)Nc2ccc(S(=O)(=O)NC(=O)C3CCCCC3)cc2)cc1. The summed E-state index contributed by atoms with van der Waals surface area (Å²) in [5.41, 5.74) is 1.16. The largest absolute Gasteiger partial charge is 0.280 e. The van der Waals surface area contributed by atoms with Gasteiger partial charge in [-0.1, -0.05) is 37.0 Å². The molecule has 1 amide bonds. The molecule has 0 atom stereocenters. The Morgan fingerprint density at radius 2 is 1.31 bits per heavy atom. The molecule has 0 spiro atoms. The van der Waals surface area contributed by atoms with Crippen molar-refractivity contribution in [2.75, 3.05) is 4.72 Å². The monoisotopic (exact) mass is 436 g/mol. The van der Waals surface area contributed by atoms with E-state index in [9.17, 15) is 21.6 Å². The van der Waals surface area contributed by atoms with Gasteiger partial charge in [0, 0.05) is 11.6 Å². The summed E-state index contributed by atoms with van der Waals surface area (Å²) in [5.74, 6) is -0.757. The van der Waals surface area contributed by atoms with Crippen molar-refractivity contribution in [1.29, 1.82) is 0 Å². The van der Waals surface area contributed by atoms with Gasteiger partial charge in [0.25, 0.3) is 20.0 Å². The molecular formula is C20H24N2O5S2. The Hall–Kier alpha value is -2.39. The van der Waals surface area contributed by atoms with Gasteiger partial charge in [0.2, 0.25) is 5.91 Å². The average molecular weight is 437 g/mol. The van der Waals surface area contributed by atoms with Crippen LogP contribution in [0.3, 0.4) is 0 Å². The summed E-state index contributed by atoms with van der Waals surface area (Å²) in [6.45, 7) is 1.86. The second-order valence-corrected chi connectivity index (χ2v) is 10.6. The highest BCUT2D eigenvalue weighted by atomic mass is 32.2. The minimum absolute atomic E-state index is 0.0973. The van der Waals surface area contributed by atoms with E-state index in [1.807, 2.05) is 6.92 Å². The van der Waals surface area contributed by atoms with Crippen molar-refractivity contribution in [3.63, 3.8) is 0 Å². The first-order valence-corrected chi connectivity index (χ1v) is 12.4. The summed E-state index contributed by atoms with van der Waals surface area (Å²) >= 11 is 0. The van der Waals surface area contributed by atoms with Crippen molar-refractivity contribution >= 4 is 31.6 Å². The lowest BCUT2D eigenvalue weighted by atomic mass is 9.89. The zero-order valence-corrected chi connectivity index (χ0v) is 17.7. The van der Waals surface area contributed by atoms with Crippen LogP contribution in [0, 0.1) is 12.8 Å². The van der Waals surface area contributed by atoms with Crippen molar-refractivity contribution in [2.45, 2.75) is 48.8 Å². The highest BCUT2D eigenvalue weighted by Gasteiger charge is 2.26. The second-order valence-electron chi connectivity index (χ2n) is 7.25. The fourth-order valence-corrected chi connectivity index (χ4v) is 5.38. The molecule has 0 heterocycles. The molecule has 1 aliphatic rings. The Balaban J connectivity index is 1.70. The maximum Gasteiger partial charge on any atom is 0.264 e. The van der Waals surface area contributed by atoms with Crippen molar-refractivity contribution in [3.05, 3.63) is 54.1 Å². The summed E-state index contributed by atoms with van der Waals surface area (Å²) in [4.78, 5) is 12.3. The van der Waals surface area contributed by atoms with E-state index in [-0.39, 0.29) is 21.4 Å². The second kappa shape index (κ2) is 8.54. The average Bonchev–Trinajstić information content (AvgIpc) is 2.69. The van der Waals surface area contributed by atoms with Crippen LogP contribution >= 0.6 is 0 Å². The quantitative estimate of drug-likeness (QED) is 0.723. The van der Waals surface area contributed by atoms with Crippen LogP contribution in [0.4, 0.5) is 5.69 Å².